The van der Waals surface area contributed by atoms with Crippen molar-refractivity contribution in [1.29, 1.82) is 0 Å². The van der Waals surface area contributed by atoms with Gasteiger partial charge in [0.25, 0.3) is 0 Å². The van der Waals surface area contributed by atoms with Crippen molar-refractivity contribution in [2.45, 2.75) is 30.7 Å². The van der Waals surface area contributed by atoms with Gasteiger partial charge in [-0.2, -0.15) is 4.31 Å². The van der Waals surface area contributed by atoms with Crippen LogP contribution in [0.15, 0.2) is 65.6 Å². The monoisotopic (exact) mass is 429 g/mol. The van der Waals surface area contributed by atoms with Gasteiger partial charge < -0.3 is 5.32 Å². The molecule has 6 nitrogen and oxygen atoms in total. The van der Waals surface area contributed by atoms with Gasteiger partial charge in [0.05, 0.1) is 4.90 Å². The Morgan fingerprint density at radius 1 is 1.07 bits per heavy atom. The first-order valence-corrected chi connectivity index (χ1v) is 12.0. The first-order chi connectivity index (χ1) is 14.4. The summed E-state index contributed by atoms with van der Waals surface area (Å²) in [6, 6.07) is 18.0. The SMILES string of the molecule is CCN(C)C(C(=O)NCC1CCN(S(=O)(=O)c2ccccc2)CC1)c1ccccc1. The zero-order valence-corrected chi connectivity index (χ0v) is 18.5. The Bertz CT molecular complexity index is 911. The fourth-order valence-electron chi connectivity index (χ4n) is 3.86. The lowest BCUT2D eigenvalue weighted by Crippen LogP contribution is -2.44. The maximum Gasteiger partial charge on any atom is 0.243 e. The highest BCUT2D eigenvalue weighted by molar-refractivity contribution is 7.89. The number of hydrogen-bond acceptors (Lipinski definition) is 4. The number of piperidine rings is 1. The van der Waals surface area contributed by atoms with E-state index in [2.05, 4.69) is 5.32 Å². The Hall–Kier alpha value is -2.22. The van der Waals surface area contributed by atoms with E-state index in [1.807, 2.05) is 55.3 Å². The molecule has 162 valence electrons. The second kappa shape index (κ2) is 10.2. The molecule has 0 aromatic heterocycles. The highest BCUT2D eigenvalue weighted by atomic mass is 32.2. The first-order valence-electron chi connectivity index (χ1n) is 10.5. The van der Waals surface area contributed by atoms with E-state index in [1.54, 1.807) is 28.6 Å². The average Bonchev–Trinajstić information content (AvgIpc) is 2.79. The maximum atomic E-state index is 12.9. The van der Waals surface area contributed by atoms with E-state index >= 15 is 0 Å². The Balaban J connectivity index is 1.55. The van der Waals surface area contributed by atoms with E-state index in [0.29, 0.717) is 24.5 Å². The van der Waals surface area contributed by atoms with E-state index in [0.717, 1.165) is 24.9 Å². The van der Waals surface area contributed by atoms with E-state index in [1.165, 1.54) is 0 Å². The first kappa shape index (κ1) is 22.5. The number of hydrogen-bond donors (Lipinski definition) is 1. The third-order valence-corrected chi connectivity index (χ3v) is 7.74. The minimum absolute atomic E-state index is 0.00936. The largest absolute Gasteiger partial charge is 0.354 e. The minimum atomic E-state index is -3.44. The maximum absolute atomic E-state index is 12.9. The summed E-state index contributed by atoms with van der Waals surface area (Å²) in [6.45, 7) is 4.33. The Labute approximate surface area is 179 Å². The zero-order chi connectivity index (χ0) is 21.6. The Kier molecular flexibility index (Phi) is 7.64. The third kappa shape index (κ3) is 5.28. The van der Waals surface area contributed by atoms with Gasteiger partial charge in [0.1, 0.15) is 6.04 Å². The van der Waals surface area contributed by atoms with Crippen LogP contribution in [0.5, 0.6) is 0 Å². The van der Waals surface area contributed by atoms with E-state index < -0.39 is 10.0 Å². The van der Waals surface area contributed by atoms with Crippen LogP contribution in [0.2, 0.25) is 0 Å². The van der Waals surface area contributed by atoms with Gasteiger partial charge in [-0.15, -0.1) is 0 Å². The molecular weight excluding hydrogens is 398 g/mol. The lowest BCUT2D eigenvalue weighted by molar-refractivity contribution is -0.126. The number of rotatable bonds is 8. The topological polar surface area (TPSA) is 69.7 Å². The molecule has 1 aliphatic heterocycles. The molecule has 1 aliphatic rings. The molecule has 7 heteroatoms. The van der Waals surface area contributed by atoms with Crippen molar-refractivity contribution in [3.8, 4) is 0 Å². The fraction of sp³-hybridized carbons (Fsp3) is 0.435. The molecule has 0 saturated carbocycles. The highest BCUT2D eigenvalue weighted by Gasteiger charge is 2.30. The molecule has 1 unspecified atom stereocenters. The zero-order valence-electron chi connectivity index (χ0n) is 17.7. The number of nitrogens with one attached hydrogen (secondary N) is 1. The fourth-order valence-corrected chi connectivity index (χ4v) is 5.35. The van der Waals surface area contributed by atoms with E-state index in [4.69, 9.17) is 0 Å². The molecule has 1 N–H and O–H groups in total. The lowest BCUT2D eigenvalue weighted by atomic mass is 9.97. The summed E-state index contributed by atoms with van der Waals surface area (Å²) in [4.78, 5) is 15.3. The van der Waals surface area contributed by atoms with Gasteiger partial charge in [-0.25, -0.2) is 8.42 Å². The van der Waals surface area contributed by atoms with Crippen molar-refractivity contribution in [3.05, 3.63) is 66.2 Å². The molecule has 0 radical (unpaired) electrons. The second-order valence-corrected chi connectivity index (χ2v) is 9.73. The van der Waals surface area contributed by atoms with Gasteiger partial charge in [-0.1, -0.05) is 55.5 Å². The smallest absolute Gasteiger partial charge is 0.243 e. The molecule has 1 heterocycles. The minimum Gasteiger partial charge on any atom is -0.354 e. The van der Waals surface area contributed by atoms with Crippen LogP contribution in [-0.4, -0.2) is 56.8 Å². The lowest BCUT2D eigenvalue weighted by Gasteiger charge is -2.32. The van der Waals surface area contributed by atoms with Crippen LogP contribution in [0.4, 0.5) is 0 Å². The molecule has 0 spiro atoms. The standard InChI is InChI=1S/C23H31N3O3S/c1-3-25(2)22(20-10-6-4-7-11-20)23(27)24-18-19-14-16-26(17-15-19)30(28,29)21-12-8-5-9-13-21/h4-13,19,22H,3,14-18H2,1-2H3,(H,24,27). The molecule has 1 saturated heterocycles. The number of likely N-dealkylation sites (N-methyl/N-ethyl adjacent to an activating group) is 1. The summed E-state index contributed by atoms with van der Waals surface area (Å²) in [5.41, 5.74) is 0.975. The van der Waals surface area contributed by atoms with Crippen LogP contribution < -0.4 is 5.32 Å². The number of sulfonamides is 1. The molecule has 2 aromatic carbocycles. The van der Waals surface area contributed by atoms with Crippen LogP contribution >= 0.6 is 0 Å². The molecule has 3 rings (SSSR count). The summed E-state index contributed by atoms with van der Waals surface area (Å²) < 4.78 is 27.1. The Morgan fingerprint density at radius 2 is 1.63 bits per heavy atom. The van der Waals surface area contributed by atoms with E-state index in [9.17, 15) is 13.2 Å². The van der Waals surface area contributed by atoms with Crippen LogP contribution in [0, 0.1) is 5.92 Å². The third-order valence-electron chi connectivity index (χ3n) is 5.82. The van der Waals surface area contributed by atoms with Gasteiger partial charge in [0.2, 0.25) is 15.9 Å². The quantitative estimate of drug-likeness (QED) is 0.701. The molecule has 1 fully saturated rings. The van der Waals surface area contributed by atoms with Crippen molar-refractivity contribution < 1.29 is 13.2 Å². The number of carbonyl (C=O) groups is 1. The normalized spacial score (nSPS) is 17.0. The average molecular weight is 430 g/mol. The number of nitrogens with zero attached hydrogens (tertiary/aromatic N) is 2. The van der Waals surface area contributed by atoms with Gasteiger partial charge in [-0.3, -0.25) is 9.69 Å². The van der Waals surface area contributed by atoms with Crippen LogP contribution in [0.1, 0.15) is 31.4 Å². The second-order valence-electron chi connectivity index (χ2n) is 7.79. The molecule has 0 aliphatic carbocycles. The van der Waals surface area contributed by atoms with Gasteiger partial charge in [-0.05, 0) is 50.0 Å². The van der Waals surface area contributed by atoms with Gasteiger partial charge in [0, 0.05) is 19.6 Å². The summed E-state index contributed by atoms with van der Waals surface area (Å²) in [6.07, 6.45) is 1.48. The van der Waals surface area contributed by atoms with Gasteiger partial charge >= 0.3 is 0 Å². The molecule has 2 aromatic rings. The number of amides is 1. The predicted molar refractivity (Wildman–Crippen MR) is 118 cm³/mol. The predicted octanol–water partition coefficient (Wildman–Crippen LogP) is 2.90. The summed E-state index contributed by atoms with van der Waals surface area (Å²) in [5.74, 6) is 0.268. The van der Waals surface area contributed by atoms with Crippen LogP contribution in [0.3, 0.4) is 0 Å². The Morgan fingerprint density at radius 3 is 2.20 bits per heavy atom. The molecule has 1 amide bonds. The summed E-state index contributed by atoms with van der Waals surface area (Å²) in [5, 5.41) is 3.10. The van der Waals surface area contributed by atoms with Crippen molar-refractivity contribution in [2.75, 3.05) is 33.2 Å². The van der Waals surface area contributed by atoms with Crippen LogP contribution in [-0.2, 0) is 14.8 Å². The van der Waals surface area contributed by atoms with E-state index in [-0.39, 0.29) is 17.9 Å². The molecule has 0 bridgehead atoms. The van der Waals surface area contributed by atoms with Crippen molar-refractivity contribution in [1.82, 2.24) is 14.5 Å². The summed E-state index contributed by atoms with van der Waals surface area (Å²) in [7, 11) is -1.49. The number of benzene rings is 2. The molecule has 30 heavy (non-hydrogen) atoms. The molecule has 1 atom stereocenters. The van der Waals surface area contributed by atoms with Crippen molar-refractivity contribution in [2.24, 2.45) is 5.92 Å². The highest BCUT2D eigenvalue weighted by Crippen LogP contribution is 2.24. The van der Waals surface area contributed by atoms with Gasteiger partial charge in [0.15, 0.2) is 0 Å². The molecular formula is C23H31N3O3S. The van der Waals surface area contributed by atoms with Crippen molar-refractivity contribution >= 4 is 15.9 Å². The summed E-state index contributed by atoms with van der Waals surface area (Å²) >= 11 is 0. The van der Waals surface area contributed by atoms with Crippen LogP contribution in [0.25, 0.3) is 0 Å². The number of carbonyl (C=O) groups excluding carboxylic acids is 1. The van der Waals surface area contributed by atoms with Crippen molar-refractivity contribution in [3.63, 3.8) is 0 Å².